The highest BCUT2D eigenvalue weighted by Gasteiger charge is 2.28. The molecule has 9 aromatic rings. The fourth-order valence-electron chi connectivity index (χ4n) is 8.49. The molecule has 0 fully saturated rings. The van der Waals surface area contributed by atoms with Gasteiger partial charge in [0.15, 0.2) is 0 Å². The van der Waals surface area contributed by atoms with Crippen molar-refractivity contribution in [2.24, 2.45) is 5.92 Å². The quantitative estimate of drug-likeness (QED) is 0.163. The molecule has 0 saturated carbocycles. The Kier molecular flexibility index (Phi) is 9.01. The summed E-state index contributed by atoms with van der Waals surface area (Å²) in [5.74, 6) is 1.39. The van der Waals surface area contributed by atoms with E-state index in [1.54, 1.807) is 0 Å². The van der Waals surface area contributed by atoms with Crippen LogP contribution in [-0.4, -0.2) is 4.98 Å². The van der Waals surface area contributed by atoms with Gasteiger partial charge in [-0.15, -0.1) is 0 Å². The van der Waals surface area contributed by atoms with E-state index in [1.807, 2.05) is 0 Å². The van der Waals surface area contributed by atoms with E-state index in [9.17, 15) is 0 Å². The second-order valence-corrected chi connectivity index (χ2v) is 15.2. The largest absolute Gasteiger partial charge is 0.485 e. The Bertz CT molecular complexity index is 2790. The molecule has 0 N–H and O–H groups in total. The van der Waals surface area contributed by atoms with E-state index < -0.39 is 0 Å². The van der Waals surface area contributed by atoms with Crippen LogP contribution in [0, 0.1) is 5.92 Å². The van der Waals surface area contributed by atoms with E-state index in [-0.39, 0.29) is 6.10 Å². The van der Waals surface area contributed by atoms with Crippen LogP contribution in [0.3, 0.4) is 0 Å². The molecule has 0 spiro atoms. The summed E-state index contributed by atoms with van der Waals surface area (Å²) in [7, 11) is 0. The summed E-state index contributed by atoms with van der Waals surface area (Å²) >= 11 is 0. The minimum atomic E-state index is 0.0523. The van der Waals surface area contributed by atoms with Gasteiger partial charge in [-0.3, -0.25) is 0 Å². The van der Waals surface area contributed by atoms with Crippen molar-refractivity contribution in [3.05, 3.63) is 217 Å². The fraction of sp³-hybridized carbons (Fsp3) is 0.0727. The maximum atomic E-state index is 6.69. The van der Waals surface area contributed by atoms with Crippen molar-refractivity contribution in [1.82, 2.24) is 4.98 Å². The number of pyridine rings is 1. The molecule has 0 aliphatic carbocycles. The molecule has 2 heteroatoms. The zero-order valence-corrected chi connectivity index (χ0v) is 31.8. The molecule has 0 saturated heterocycles. The first kappa shape index (κ1) is 34.5. The van der Waals surface area contributed by atoms with E-state index in [4.69, 9.17) is 9.72 Å². The number of hydrogen-bond acceptors (Lipinski definition) is 2. The second-order valence-electron chi connectivity index (χ2n) is 15.2. The lowest BCUT2D eigenvalue weighted by atomic mass is 9.87. The first-order chi connectivity index (χ1) is 28.1. The van der Waals surface area contributed by atoms with Gasteiger partial charge >= 0.3 is 0 Å². The monoisotopic (exact) mass is 731 g/mol. The first-order valence-corrected chi connectivity index (χ1v) is 19.9. The number of rotatable bonds is 7. The van der Waals surface area contributed by atoms with Gasteiger partial charge in [0.1, 0.15) is 11.9 Å². The molecule has 0 bridgehead atoms. The van der Waals surface area contributed by atoms with E-state index >= 15 is 0 Å². The van der Waals surface area contributed by atoms with Crippen molar-refractivity contribution in [2.75, 3.05) is 0 Å². The summed E-state index contributed by atoms with van der Waals surface area (Å²) in [6.07, 6.45) is 1.06. The summed E-state index contributed by atoms with van der Waals surface area (Å²) in [6.45, 7) is 2.28. The zero-order chi connectivity index (χ0) is 38.1. The summed E-state index contributed by atoms with van der Waals surface area (Å²) in [5, 5.41) is 2.45. The third kappa shape index (κ3) is 6.81. The highest BCUT2D eigenvalue weighted by Crippen LogP contribution is 2.43. The van der Waals surface area contributed by atoms with Crippen LogP contribution in [0.2, 0.25) is 0 Å². The van der Waals surface area contributed by atoms with Crippen LogP contribution < -0.4 is 4.74 Å². The van der Waals surface area contributed by atoms with E-state index in [1.165, 1.54) is 49.7 Å². The Morgan fingerprint density at radius 2 is 1.02 bits per heavy atom. The van der Waals surface area contributed by atoms with Gasteiger partial charge in [-0.2, -0.15) is 0 Å². The van der Waals surface area contributed by atoms with Gasteiger partial charge in [-0.05, 0) is 97.1 Å². The normalized spacial score (nSPS) is 14.8. The van der Waals surface area contributed by atoms with Crippen LogP contribution in [0.15, 0.2) is 206 Å². The predicted octanol–water partition coefficient (Wildman–Crippen LogP) is 14.5. The highest BCUT2D eigenvalue weighted by atomic mass is 16.5. The van der Waals surface area contributed by atoms with Crippen molar-refractivity contribution >= 4 is 10.8 Å². The lowest BCUT2D eigenvalue weighted by Crippen LogP contribution is -2.23. The van der Waals surface area contributed by atoms with Gasteiger partial charge in [0, 0.05) is 17.0 Å². The van der Waals surface area contributed by atoms with Gasteiger partial charge in [-0.1, -0.05) is 189 Å². The summed E-state index contributed by atoms with van der Waals surface area (Å²) in [4.78, 5) is 5.14. The minimum Gasteiger partial charge on any atom is -0.485 e. The Morgan fingerprint density at radius 3 is 1.74 bits per heavy atom. The van der Waals surface area contributed by atoms with Gasteiger partial charge in [0.25, 0.3) is 0 Å². The average molecular weight is 732 g/mol. The van der Waals surface area contributed by atoms with Crippen LogP contribution in [0.25, 0.3) is 77.8 Å². The highest BCUT2D eigenvalue weighted by molar-refractivity contribution is 6.04. The molecule has 0 amide bonds. The molecular weight excluding hydrogens is 691 g/mol. The molecule has 1 aromatic heterocycles. The molecule has 1 aliphatic heterocycles. The molecule has 57 heavy (non-hydrogen) atoms. The van der Waals surface area contributed by atoms with E-state index in [0.29, 0.717) is 5.92 Å². The number of fused-ring (bicyclic) bond motifs is 2. The summed E-state index contributed by atoms with van der Waals surface area (Å²) in [5.41, 5.74) is 16.0. The van der Waals surface area contributed by atoms with Crippen LogP contribution in [-0.2, 0) is 6.42 Å². The van der Waals surface area contributed by atoms with Crippen molar-refractivity contribution < 1.29 is 4.74 Å². The fourth-order valence-corrected chi connectivity index (χ4v) is 8.49. The van der Waals surface area contributed by atoms with Crippen LogP contribution in [0.5, 0.6) is 5.75 Å². The van der Waals surface area contributed by atoms with Crippen molar-refractivity contribution in [3.8, 4) is 72.8 Å². The number of ether oxygens (including phenoxy) is 1. The maximum absolute atomic E-state index is 6.69. The van der Waals surface area contributed by atoms with E-state index in [0.717, 1.165) is 51.4 Å². The third-order valence-corrected chi connectivity index (χ3v) is 11.4. The molecule has 2 heterocycles. The third-order valence-electron chi connectivity index (χ3n) is 11.4. The van der Waals surface area contributed by atoms with Gasteiger partial charge in [0.05, 0.1) is 11.4 Å². The molecule has 0 radical (unpaired) electrons. The second kappa shape index (κ2) is 14.9. The number of nitrogens with zero attached hydrogens (tertiary/aromatic N) is 1. The Labute approximate surface area is 334 Å². The molecule has 10 rings (SSSR count). The smallest absolute Gasteiger partial charge is 0.127 e. The van der Waals surface area contributed by atoms with Crippen LogP contribution in [0.1, 0.15) is 24.2 Å². The number of hydrogen-bond donors (Lipinski definition) is 0. The Balaban J connectivity index is 1.03. The predicted molar refractivity (Wildman–Crippen MR) is 237 cm³/mol. The Hall–Kier alpha value is -7.03. The van der Waals surface area contributed by atoms with Gasteiger partial charge in [0.2, 0.25) is 0 Å². The number of aromatic nitrogens is 1. The SMILES string of the molecule is CC1Cc2ccc(-c3ccc(-c4ccc5ccccc5c4-c4cccc(-c5cc(-c6ccccc6)nc(-c6ccccc6)c5)c4)cc3)cc2OC1c1ccccc1. The molecule has 272 valence electrons. The number of benzene rings is 8. The van der Waals surface area contributed by atoms with Gasteiger partial charge < -0.3 is 4.74 Å². The summed E-state index contributed by atoms with van der Waals surface area (Å²) < 4.78 is 6.69. The maximum Gasteiger partial charge on any atom is 0.127 e. The summed E-state index contributed by atoms with van der Waals surface area (Å²) in [6, 6.07) is 74.0. The first-order valence-electron chi connectivity index (χ1n) is 19.9. The molecule has 2 atom stereocenters. The standard InChI is InChI=1S/C55H41NO/c1-37-32-46-29-28-45(36-53(46)57-55(37)43-19-9-4-10-20-43)38-24-26-40(27-25-38)50-31-30-39-14-11-12-23-49(39)54(50)47-22-13-21-44(33-47)48-34-51(41-15-5-2-6-16-41)56-52(35-48)42-17-7-3-8-18-42/h2-31,33-37,55H,32H2,1H3. The van der Waals surface area contributed by atoms with E-state index in [2.05, 4.69) is 213 Å². The topological polar surface area (TPSA) is 22.1 Å². The molecule has 8 aromatic carbocycles. The van der Waals surface area contributed by atoms with Crippen molar-refractivity contribution in [3.63, 3.8) is 0 Å². The zero-order valence-electron chi connectivity index (χ0n) is 31.8. The van der Waals surface area contributed by atoms with Crippen molar-refractivity contribution in [1.29, 1.82) is 0 Å². The van der Waals surface area contributed by atoms with Crippen molar-refractivity contribution in [2.45, 2.75) is 19.4 Å². The molecule has 2 nitrogen and oxygen atoms in total. The minimum absolute atomic E-state index is 0.0523. The van der Waals surface area contributed by atoms with Crippen LogP contribution >= 0.6 is 0 Å². The van der Waals surface area contributed by atoms with Crippen LogP contribution in [0.4, 0.5) is 0 Å². The lowest BCUT2D eigenvalue weighted by molar-refractivity contribution is 0.123. The lowest BCUT2D eigenvalue weighted by Gasteiger charge is -2.32. The Morgan fingerprint density at radius 1 is 0.439 bits per heavy atom. The molecular formula is C55H41NO. The molecule has 1 aliphatic rings. The average Bonchev–Trinajstić information content (AvgIpc) is 3.29. The van der Waals surface area contributed by atoms with Gasteiger partial charge in [-0.25, -0.2) is 4.98 Å². The molecule has 2 unspecified atom stereocenters.